The van der Waals surface area contributed by atoms with Crippen LogP contribution in [0.2, 0.25) is 0 Å². The lowest BCUT2D eigenvalue weighted by molar-refractivity contribution is 0.250. The fourth-order valence-electron chi connectivity index (χ4n) is 2.29. The minimum absolute atomic E-state index is 0.0398. The maximum Gasteiger partial charge on any atom is 0.319 e. The Morgan fingerprint density at radius 3 is 2.79 bits per heavy atom. The molecular formula is C13H17F2N3O. The molecule has 4 nitrogen and oxygen atoms in total. The molecule has 2 rings (SSSR count). The Balaban J connectivity index is 1.81. The van der Waals surface area contributed by atoms with Crippen LogP contribution in [0.25, 0.3) is 0 Å². The molecule has 1 aliphatic rings. The van der Waals surface area contributed by atoms with Crippen LogP contribution in [-0.2, 0) is 0 Å². The van der Waals surface area contributed by atoms with E-state index in [-0.39, 0.29) is 11.7 Å². The Hall–Kier alpha value is -1.69. The second kappa shape index (κ2) is 5.97. The first-order valence-corrected chi connectivity index (χ1v) is 6.30. The Kier molecular flexibility index (Phi) is 4.31. The number of rotatable bonds is 3. The molecule has 1 aromatic carbocycles. The van der Waals surface area contributed by atoms with E-state index < -0.39 is 17.7 Å². The zero-order valence-corrected chi connectivity index (χ0v) is 10.5. The van der Waals surface area contributed by atoms with Crippen LogP contribution in [0.4, 0.5) is 19.3 Å². The smallest absolute Gasteiger partial charge is 0.319 e. The van der Waals surface area contributed by atoms with E-state index in [1.54, 1.807) is 0 Å². The molecule has 1 saturated carbocycles. The van der Waals surface area contributed by atoms with Gasteiger partial charge in [-0.2, -0.15) is 0 Å². The summed E-state index contributed by atoms with van der Waals surface area (Å²) in [4.78, 5) is 11.6. The number of nitrogens with two attached hydrogens (primary N) is 1. The van der Waals surface area contributed by atoms with Gasteiger partial charge in [-0.3, -0.25) is 0 Å². The molecule has 2 unspecified atom stereocenters. The maximum atomic E-state index is 13.3. The van der Waals surface area contributed by atoms with Gasteiger partial charge >= 0.3 is 6.03 Å². The van der Waals surface area contributed by atoms with Gasteiger partial charge in [-0.15, -0.1) is 0 Å². The molecule has 1 aromatic rings. The van der Waals surface area contributed by atoms with E-state index in [1.165, 1.54) is 6.07 Å². The summed E-state index contributed by atoms with van der Waals surface area (Å²) in [7, 11) is 0. The number of anilines is 1. The molecule has 0 spiro atoms. The zero-order chi connectivity index (χ0) is 13.8. The van der Waals surface area contributed by atoms with E-state index in [0.717, 1.165) is 31.4 Å². The van der Waals surface area contributed by atoms with E-state index in [2.05, 4.69) is 10.6 Å². The molecule has 1 fully saturated rings. The molecule has 104 valence electrons. The molecule has 1 aliphatic carbocycles. The van der Waals surface area contributed by atoms with Gasteiger partial charge in [0.25, 0.3) is 0 Å². The number of nitrogens with one attached hydrogen (secondary N) is 2. The Bertz CT molecular complexity index is 467. The van der Waals surface area contributed by atoms with Crippen molar-refractivity contribution >= 4 is 11.7 Å². The molecule has 0 aliphatic heterocycles. The minimum Gasteiger partial charge on any atom is -0.338 e. The third-order valence-electron chi connectivity index (χ3n) is 3.31. The largest absolute Gasteiger partial charge is 0.338 e. The van der Waals surface area contributed by atoms with Gasteiger partial charge in [-0.05, 0) is 37.3 Å². The molecule has 0 saturated heterocycles. The Morgan fingerprint density at radius 2 is 2.16 bits per heavy atom. The predicted octanol–water partition coefficient (Wildman–Crippen LogP) is 2.21. The first-order valence-electron chi connectivity index (χ1n) is 6.30. The summed E-state index contributed by atoms with van der Waals surface area (Å²) in [5.41, 5.74) is 5.74. The van der Waals surface area contributed by atoms with Crippen LogP contribution in [0.5, 0.6) is 0 Å². The van der Waals surface area contributed by atoms with Crippen LogP contribution in [0.1, 0.15) is 19.3 Å². The van der Waals surface area contributed by atoms with Crippen molar-refractivity contribution in [1.82, 2.24) is 5.32 Å². The van der Waals surface area contributed by atoms with Crippen LogP contribution in [0.15, 0.2) is 18.2 Å². The molecule has 6 heteroatoms. The fourth-order valence-corrected chi connectivity index (χ4v) is 2.29. The van der Waals surface area contributed by atoms with Gasteiger partial charge < -0.3 is 16.4 Å². The highest BCUT2D eigenvalue weighted by Gasteiger charge is 2.22. The fraction of sp³-hybridized carbons (Fsp3) is 0.462. The van der Waals surface area contributed by atoms with Crippen LogP contribution in [0, 0.1) is 17.6 Å². The lowest BCUT2D eigenvalue weighted by atomic mass is 10.1. The molecule has 19 heavy (non-hydrogen) atoms. The highest BCUT2D eigenvalue weighted by atomic mass is 19.1. The van der Waals surface area contributed by atoms with Crippen molar-refractivity contribution in [3.63, 3.8) is 0 Å². The van der Waals surface area contributed by atoms with Crippen LogP contribution < -0.4 is 16.4 Å². The summed E-state index contributed by atoms with van der Waals surface area (Å²) in [5, 5.41) is 5.02. The predicted molar refractivity (Wildman–Crippen MR) is 68.7 cm³/mol. The van der Waals surface area contributed by atoms with Gasteiger partial charge in [0.05, 0.1) is 5.69 Å². The van der Waals surface area contributed by atoms with Crippen molar-refractivity contribution in [1.29, 1.82) is 0 Å². The highest BCUT2D eigenvalue weighted by Crippen LogP contribution is 2.23. The number of amides is 2. The average Bonchev–Trinajstić information content (AvgIpc) is 2.76. The quantitative estimate of drug-likeness (QED) is 0.787. The highest BCUT2D eigenvalue weighted by molar-refractivity contribution is 5.89. The average molecular weight is 269 g/mol. The van der Waals surface area contributed by atoms with E-state index in [4.69, 9.17) is 5.73 Å². The number of hydrogen-bond acceptors (Lipinski definition) is 2. The van der Waals surface area contributed by atoms with E-state index >= 15 is 0 Å². The summed E-state index contributed by atoms with van der Waals surface area (Å²) in [6.07, 6.45) is 2.86. The Morgan fingerprint density at radius 1 is 1.37 bits per heavy atom. The lowest BCUT2D eigenvalue weighted by Crippen LogP contribution is -2.33. The van der Waals surface area contributed by atoms with Crippen LogP contribution in [0.3, 0.4) is 0 Å². The van der Waals surface area contributed by atoms with Gasteiger partial charge in [0, 0.05) is 18.7 Å². The first-order chi connectivity index (χ1) is 9.04. The van der Waals surface area contributed by atoms with Crippen LogP contribution >= 0.6 is 0 Å². The zero-order valence-electron chi connectivity index (χ0n) is 10.5. The van der Waals surface area contributed by atoms with Crippen LogP contribution in [-0.4, -0.2) is 18.6 Å². The van der Waals surface area contributed by atoms with E-state index in [1.807, 2.05) is 0 Å². The van der Waals surface area contributed by atoms with Gasteiger partial charge in [-0.25, -0.2) is 13.6 Å². The topological polar surface area (TPSA) is 67.1 Å². The van der Waals surface area contributed by atoms with Gasteiger partial charge in [0.2, 0.25) is 0 Å². The minimum atomic E-state index is -0.793. The number of halogens is 2. The van der Waals surface area contributed by atoms with Crippen molar-refractivity contribution in [2.45, 2.75) is 25.3 Å². The third kappa shape index (κ3) is 3.89. The van der Waals surface area contributed by atoms with Crippen molar-refractivity contribution in [3.8, 4) is 0 Å². The lowest BCUT2D eigenvalue weighted by Gasteiger charge is -2.12. The monoisotopic (exact) mass is 269 g/mol. The van der Waals surface area contributed by atoms with Crippen molar-refractivity contribution in [2.75, 3.05) is 11.9 Å². The van der Waals surface area contributed by atoms with E-state index in [9.17, 15) is 13.6 Å². The van der Waals surface area contributed by atoms with Gasteiger partial charge in [0.1, 0.15) is 11.6 Å². The van der Waals surface area contributed by atoms with Gasteiger partial charge in [-0.1, -0.05) is 0 Å². The molecule has 4 N–H and O–H groups in total. The standard InChI is InChI=1S/C13H17F2N3O/c14-9-2-4-12(11(15)6-9)18-13(19)17-7-8-1-3-10(16)5-8/h2,4,6,8,10H,1,3,5,7,16H2,(H2,17,18,19). The first kappa shape index (κ1) is 13.7. The second-order valence-corrected chi connectivity index (χ2v) is 4.90. The number of hydrogen-bond donors (Lipinski definition) is 3. The van der Waals surface area contributed by atoms with E-state index in [0.29, 0.717) is 12.5 Å². The van der Waals surface area contributed by atoms with Crippen molar-refractivity contribution < 1.29 is 13.6 Å². The summed E-state index contributed by atoms with van der Waals surface area (Å²) in [6.45, 7) is 0.516. The summed E-state index contributed by atoms with van der Waals surface area (Å²) in [6, 6.07) is 2.73. The molecule has 2 amide bonds. The summed E-state index contributed by atoms with van der Waals surface area (Å²) in [5.74, 6) is -1.10. The van der Waals surface area contributed by atoms with Crippen molar-refractivity contribution in [2.24, 2.45) is 11.7 Å². The number of benzene rings is 1. The molecular weight excluding hydrogens is 252 g/mol. The molecule has 2 atom stereocenters. The number of carbonyl (C=O) groups is 1. The third-order valence-corrected chi connectivity index (χ3v) is 3.31. The second-order valence-electron chi connectivity index (χ2n) is 4.90. The molecule has 0 aromatic heterocycles. The number of carbonyl (C=O) groups excluding carboxylic acids is 1. The SMILES string of the molecule is NC1CCC(CNC(=O)Nc2ccc(F)cc2F)C1. The summed E-state index contributed by atoms with van der Waals surface area (Å²) >= 11 is 0. The normalized spacial score (nSPS) is 22.3. The summed E-state index contributed by atoms with van der Waals surface area (Å²) < 4.78 is 26.0. The van der Waals surface area contributed by atoms with Crippen molar-refractivity contribution in [3.05, 3.63) is 29.8 Å². The van der Waals surface area contributed by atoms with Gasteiger partial charge in [0.15, 0.2) is 0 Å². The molecule has 0 radical (unpaired) electrons. The molecule has 0 bridgehead atoms. The maximum absolute atomic E-state index is 13.3. The number of urea groups is 1. The molecule has 0 heterocycles. The Labute approximate surface area is 110 Å².